The summed E-state index contributed by atoms with van der Waals surface area (Å²) in [7, 11) is 0. The van der Waals surface area contributed by atoms with Gasteiger partial charge in [-0.25, -0.2) is 9.50 Å². The van der Waals surface area contributed by atoms with Crippen LogP contribution in [-0.4, -0.2) is 51.0 Å². The van der Waals surface area contributed by atoms with E-state index < -0.39 is 0 Å². The van der Waals surface area contributed by atoms with E-state index in [1.807, 2.05) is 30.8 Å². The Bertz CT molecular complexity index is 795. The highest BCUT2D eigenvalue weighted by atomic mass is 15.3. The zero-order valence-electron chi connectivity index (χ0n) is 12.8. The van der Waals surface area contributed by atoms with Crippen LogP contribution in [-0.2, 0) is 0 Å². The monoisotopic (exact) mass is 297 g/mol. The van der Waals surface area contributed by atoms with Gasteiger partial charge in [0.2, 0.25) is 0 Å². The first kappa shape index (κ1) is 13.1. The summed E-state index contributed by atoms with van der Waals surface area (Å²) in [5.41, 5.74) is 3.18. The summed E-state index contributed by atoms with van der Waals surface area (Å²) in [6.07, 6.45) is 3.72. The minimum atomic E-state index is 0.933. The van der Waals surface area contributed by atoms with Gasteiger partial charge in [-0.15, -0.1) is 0 Å². The molecule has 4 heterocycles. The standard InChI is InChI=1S/C15H19N7/c1-11-10-14(18-17-11)20-5-7-21(8-6-20)15-13-9-12(2)19-22(13)4-3-16-15/h3-4,9-10H,5-8H2,1-2H3,(H,17,18). The van der Waals surface area contributed by atoms with Gasteiger partial charge in [-0.05, 0) is 19.9 Å². The number of nitrogens with zero attached hydrogens (tertiary/aromatic N) is 6. The Morgan fingerprint density at radius 1 is 1.05 bits per heavy atom. The van der Waals surface area contributed by atoms with Crippen LogP contribution >= 0.6 is 0 Å². The molecule has 0 spiro atoms. The van der Waals surface area contributed by atoms with Gasteiger partial charge in [0, 0.05) is 50.3 Å². The lowest BCUT2D eigenvalue weighted by Crippen LogP contribution is -2.47. The van der Waals surface area contributed by atoms with Crippen LogP contribution in [0, 0.1) is 13.8 Å². The molecular formula is C15H19N7. The van der Waals surface area contributed by atoms with Crippen LogP contribution in [0.15, 0.2) is 24.5 Å². The number of piperazine rings is 1. The van der Waals surface area contributed by atoms with Crippen LogP contribution in [0.5, 0.6) is 0 Å². The van der Waals surface area contributed by atoms with Gasteiger partial charge in [-0.3, -0.25) is 5.10 Å². The number of H-pyrrole nitrogens is 1. The van der Waals surface area contributed by atoms with Crippen molar-refractivity contribution in [2.24, 2.45) is 0 Å². The number of aromatic nitrogens is 5. The first-order chi connectivity index (χ1) is 10.7. The van der Waals surface area contributed by atoms with Crippen molar-refractivity contribution in [2.75, 3.05) is 36.0 Å². The van der Waals surface area contributed by atoms with E-state index in [1.165, 1.54) is 0 Å². The van der Waals surface area contributed by atoms with Gasteiger partial charge in [0.05, 0.1) is 5.69 Å². The summed E-state index contributed by atoms with van der Waals surface area (Å²) in [5, 5.41) is 11.8. The second-order valence-corrected chi connectivity index (χ2v) is 5.75. The van der Waals surface area contributed by atoms with Crippen LogP contribution < -0.4 is 9.80 Å². The second kappa shape index (κ2) is 5.01. The summed E-state index contributed by atoms with van der Waals surface area (Å²) in [6.45, 7) is 7.79. The van der Waals surface area contributed by atoms with Crippen molar-refractivity contribution in [3.63, 3.8) is 0 Å². The minimum absolute atomic E-state index is 0.933. The zero-order chi connectivity index (χ0) is 15.1. The first-order valence-electron chi connectivity index (χ1n) is 7.53. The van der Waals surface area contributed by atoms with E-state index >= 15 is 0 Å². The number of nitrogens with one attached hydrogen (secondary N) is 1. The second-order valence-electron chi connectivity index (χ2n) is 5.75. The third-order valence-corrected chi connectivity index (χ3v) is 4.09. The van der Waals surface area contributed by atoms with Crippen LogP contribution in [0.4, 0.5) is 11.6 Å². The fourth-order valence-electron chi connectivity index (χ4n) is 2.99. The molecule has 22 heavy (non-hydrogen) atoms. The zero-order valence-corrected chi connectivity index (χ0v) is 12.8. The normalized spacial score (nSPS) is 15.7. The number of fused-ring (bicyclic) bond motifs is 1. The molecule has 7 nitrogen and oxygen atoms in total. The van der Waals surface area contributed by atoms with Crippen molar-refractivity contribution in [3.8, 4) is 0 Å². The summed E-state index contributed by atoms with van der Waals surface area (Å²) in [4.78, 5) is 9.20. The quantitative estimate of drug-likeness (QED) is 0.774. The molecule has 7 heteroatoms. The highest BCUT2D eigenvalue weighted by molar-refractivity contribution is 5.69. The van der Waals surface area contributed by atoms with E-state index in [2.05, 4.69) is 42.2 Å². The van der Waals surface area contributed by atoms with Crippen LogP contribution in [0.25, 0.3) is 5.52 Å². The van der Waals surface area contributed by atoms with Crippen molar-refractivity contribution in [1.82, 2.24) is 24.8 Å². The fourth-order valence-corrected chi connectivity index (χ4v) is 2.99. The van der Waals surface area contributed by atoms with Crippen LogP contribution in [0.1, 0.15) is 11.4 Å². The lowest BCUT2D eigenvalue weighted by molar-refractivity contribution is 0.641. The molecule has 3 aromatic heterocycles. The average molecular weight is 297 g/mol. The molecule has 0 aromatic carbocycles. The Balaban J connectivity index is 1.55. The Kier molecular flexibility index (Phi) is 2.99. The van der Waals surface area contributed by atoms with E-state index in [4.69, 9.17) is 0 Å². The third kappa shape index (κ3) is 2.18. The maximum atomic E-state index is 4.57. The van der Waals surface area contributed by atoms with Crippen molar-refractivity contribution in [2.45, 2.75) is 13.8 Å². The summed E-state index contributed by atoms with van der Waals surface area (Å²) in [6, 6.07) is 4.18. The highest BCUT2D eigenvalue weighted by Crippen LogP contribution is 2.22. The van der Waals surface area contributed by atoms with Gasteiger partial charge >= 0.3 is 0 Å². The Morgan fingerprint density at radius 2 is 1.82 bits per heavy atom. The van der Waals surface area contributed by atoms with Gasteiger partial charge in [-0.2, -0.15) is 10.2 Å². The molecule has 0 bridgehead atoms. The topological polar surface area (TPSA) is 65.3 Å². The molecule has 0 unspecified atom stereocenters. The molecule has 1 N–H and O–H groups in total. The van der Waals surface area contributed by atoms with Gasteiger partial charge in [0.25, 0.3) is 0 Å². The minimum Gasteiger partial charge on any atom is -0.352 e. The summed E-state index contributed by atoms with van der Waals surface area (Å²) >= 11 is 0. The molecule has 0 amide bonds. The Hall–Kier alpha value is -2.57. The number of rotatable bonds is 2. The molecule has 0 saturated carbocycles. The smallest absolute Gasteiger partial charge is 0.154 e. The van der Waals surface area contributed by atoms with Gasteiger partial charge < -0.3 is 9.80 Å². The lowest BCUT2D eigenvalue weighted by Gasteiger charge is -2.35. The molecular weight excluding hydrogens is 278 g/mol. The predicted molar refractivity (Wildman–Crippen MR) is 85.5 cm³/mol. The van der Waals surface area contributed by atoms with E-state index in [1.54, 1.807) is 0 Å². The Labute approximate surface area is 128 Å². The van der Waals surface area contributed by atoms with Gasteiger partial charge in [-0.1, -0.05) is 0 Å². The number of hydrogen-bond acceptors (Lipinski definition) is 5. The SMILES string of the molecule is Cc1cc2c(N3CCN(c4cc(C)[nH]n4)CC3)nccn2n1. The summed E-state index contributed by atoms with van der Waals surface area (Å²) < 4.78 is 1.90. The molecule has 1 aliphatic rings. The number of anilines is 2. The first-order valence-corrected chi connectivity index (χ1v) is 7.53. The van der Waals surface area contributed by atoms with Crippen molar-refractivity contribution in [3.05, 3.63) is 35.9 Å². The number of aryl methyl sites for hydroxylation is 2. The van der Waals surface area contributed by atoms with Gasteiger partial charge in [0.1, 0.15) is 5.52 Å². The molecule has 1 saturated heterocycles. The number of hydrogen-bond donors (Lipinski definition) is 1. The number of aromatic amines is 1. The molecule has 0 aliphatic carbocycles. The molecule has 0 radical (unpaired) electrons. The predicted octanol–water partition coefficient (Wildman–Crippen LogP) is 1.40. The molecule has 114 valence electrons. The van der Waals surface area contributed by atoms with Crippen LogP contribution in [0.3, 0.4) is 0 Å². The van der Waals surface area contributed by atoms with Crippen molar-refractivity contribution < 1.29 is 0 Å². The molecule has 3 aromatic rings. The van der Waals surface area contributed by atoms with Crippen LogP contribution in [0.2, 0.25) is 0 Å². The third-order valence-electron chi connectivity index (χ3n) is 4.09. The molecule has 1 aliphatic heterocycles. The largest absolute Gasteiger partial charge is 0.352 e. The highest BCUT2D eigenvalue weighted by Gasteiger charge is 2.21. The van der Waals surface area contributed by atoms with Crippen molar-refractivity contribution >= 4 is 17.2 Å². The average Bonchev–Trinajstić information content (AvgIpc) is 3.12. The van der Waals surface area contributed by atoms with E-state index in [0.29, 0.717) is 0 Å². The fraction of sp³-hybridized carbons (Fsp3) is 0.400. The van der Waals surface area contributed by atoms with E-state index in [9.17, 15) is 0 Å². The van der Waals surface area contributed by atoms with E-state index in [0.717, 1.165) is 54.7 Å². The maximum Gasteiger partial charge on any atom is 0.154 e. The molecule has 1 fully saturated rings. The van der Waals surface area contributed by atoms with E-state index in [-0.39, 0.29) is 0 Å². The maximum absolute atomic E-state index is 4.57. The lowest BCUT2D eigenvalue weighted by atomic mass is 10.3. The molecule has 0 atom stereocenters. The van der Waals surface area contributed by atoms with Crippen molar-refractivity contribution in [1.29, 1.82) is 0 Å². The molecule has 4 rings (SSSR count). The van der Waals surface area contributed by atoms with Gasteiger partial charge in [0.15, 0.2) is 11.6 Å². The Morgan fingerprint density at radius 3 is 2.55 bits per heavy atom. The summed E-state index contributed by atoms with van der Waals surface area (Å²) in [5.74, 6) is 2.05.